The number of urea groups is 1. The summed E-state index contributed by atoms with van der Waals surface area (Å²) in [6, 6.07) is 7.46. The molecule has 130 valence electrons. The zero-order chi connectivity index (χ0) is 17.4. The Bertz CT molecular complexity index is 869. The standard InChI is InChI=1S/C17H20N6O2/c1-22-14-7-3-2-5-11(14)12-8-9-23-16(15(12)22)13(6-4-10-25-23)19-17(24)20-21-18/h2-3,5,7,13,16H,4,6,8-10H2,1H3,(H,19,24)/t13-,16-/m0/s1. The van der Waals surface area contributed by atoms with Crippen molar-refractivity contribution in [3.8, 4) is 0 Å². The van der Waals surface area contributed by atoms with Crippen LogP contribution in [0.15, 0.2) is 29.4 Å². The van der Waals surface area contributed by atoms with Crippen molar-refractivity contribution in [2.75, 3.05) is 13.2 Å². The summed E-state index contributed by atoms with van der Waals surface area (Å²) in [7, 11) is 2.06. The van der Waals surface area contributed by atoms with Gasteiger partial charge in [0.2, 0.25) is 0 Å². The Kier molecular flexibility index (Phi) is 4.09. The Labute approximate surface area is 144 Å². The average molecular weight is 340 g/mol. The molecule has 0 spiro atoms. The summed E-state index contributed by atoms with van der Waals surface area (Å²) >= 11 is 0. The van der Waals surface area contributed by atoms with Gasteiger partial charge in [0.15, 0.2) is 0 Å². The number of azide groups is 1. The van der Waals surface area contributed by atoms with Crippen molar-refractivity contribution in [1.29, 1.82) is 0 Å². The molecule has 0 saturated carbocycles. The predicted molar refractivity (Wildman–Crippen MR) is 92.7 cm³/mol. The number of carbonyl (C=O) groups excluding carboxylic acids is 1. The molecule has 1 N–H and O–H groups in total. The van der Waals surface area contributed by atoms with E-state index in [9.17, 15) is 4.79 Å². The second kappa shape index (κ2) is 6.40. The van der Waals surface area contributed by atoms with Crippen molar-refractivity contribution in [2.45, 2.75) is 31.3 Å². The molecule has 0 radical (unpaired) electrons. The number of aryl methyl sites for hydroxylation is 1. The van der Waals surface area contributed by atoms with Crippen LogP contribution in [0.1, 0.15) is 30.1 Å². The van der Waals surface area contributed by atoms with E-state index in [-0.39, 0.29) is 12.1 Å². The number of nitrogens with zero attached hydrogens (tertiary/aromatic N) is 5. The monoisotopic (exact) mass is 340 g/mol. The lowest BCUT2D eigenvalue weighted by atomic mass is 9.92. The Hall–Kier alpha value is -2.54. The molecule has 2 amide bonds. The number of amides is 2. The number of para-hydroxylation sites is 1. The summed E-state index contributed by atoms with van der Waals surface area (Å²) in [5, 5.41) is 9.28. The van der Waals surface area contributed by atoms with E-state index in [0.29, 0.717) is 6.61 Å². The maximum atomic E-state index is 11.9. The number of hydroxylamine groups is 2. The summed E-state index contributed by atoms with van der Waals surface area (Å²) in [6.07, 6.45) is 2.52. The van der Waals surface area contributed by atoms with E-state index in [0.717, 1.165) is 25.8 Å². The third kappa shape index (κ3) is 2.64. The molecule has 25 heavy (non-hydrogen) atoms. The lowest BCUT2D eigenvalue weighted by Crippen LogP contribution is -2.47. The molecule has 2 atom stereocenters. The van der Waals surface area contributed by atoms with Crippen LogP contribution < -0.4 is 5.32 Å². The van der Waals surface area contributed by atoms with Gasteiger partial charge in [-0.2, -0.15) is 5.06 Å². The van der Waals surface area contributed by atoms with Gasteiger partial charge in [0.05, 0.1) is 18.7 Å². The van der Waals surface area contributed by atoms with Gasteiger partial charge in [0.1, 0.15) is 0 Å². The molecule has 1 fully saturated rings. The van der Waals surface area contributed by atoms with Crippen molar-refractivity contribution in [3.05, 3.63) is 46.0 Å². The summed E-state index contributed by atoms with van der Waals surface area (Å²) in [5.74, 6) is 0. The number of hydrogen-bond donors (Lipinski definition) is 1. The van der Waals surface area contributed by atoms with Gasteiger partial charge in [-0.25, -0.2) is 0 Å². The highest BCUT2D eigenvalue weighted by Gasteiger charge is 2.39. The van der Waals surface area contributed by atoms with Crippen LogP contribution in [0.3, 0.4) is 0 Å². The Morgan fingerprint density at radius 3 is 3.12 bits per heavy atom. The minimum Gasteiger partial charge on any atom is -0.346 e. The highest BCUT2D eigenvalue weighted by molar-refractivity contribution is 5.86. The van der Waals surface area contributed by atoms with Gasteiger partial charge >= 0.3 is 6.03 Å². The number of hydrogen-bond acceptors (Lipinski definition) is 3. The van der Waals surface area contributed by atoms with Gasteiger partial charge in [-0.1, -0.05) is 18.2 Å². The third-order valence-corrected chi connectivity index (χ3v) is 5.18. The third-order valence-electron chi connectivity index (χ3n) is 5.18. The number of nitrogens with one attached hydrogen (secondary N) is 1. The number of benzene rings is 1. The molecule has 3 heterocycles. The zero-order valence-corrected chi connectivity index (χ0v) is 14.1. The molecule has 2 aromatic rings. The predicted octanol–water partition coefficient (Wildman–Crippen LogP) is 3.19. The first-order valence-corrected chi connectivity index (χ1v) is 8.52. The average Bonchev–Trinajstić information content (AvgIpc) is 2.77. The minimum atomic E-state index is -0.639. The Morgan fingerprint density at radius 1 is 1.44 bits per heavy atom. The molecule has 1 saturated heterocycles. The molecular formula is C17H20N6O2. The molecule has 2 aliphatic rings. The second-order valence-corrected chi connectivity index (χ2v) is 6.50. The minimum absolute atomic E-state index is 0.0958. The van der Waals surface area contributed by atoms with Crippen LogP contribution in [0.25, 0.3) is 21.3 Å². The van der Waals surface area contributed by atoms with E-state index < -0.39 is 6.03 Å². The van der Waals surface area contributed by atoms with Crippen LogP contribution >= 0.6 is 0 Å². The van der Waals surface area contributed by atoms with E-state index in [1.807, 2.05) is 11.1 Å². The fraction of sp³-hybridized carbons (Fsp3) is 0.471. The quantitative estimate of drug-likeness (QED) is 0.490. The molecule has 0 bridgehead atoms. The van der Waals surface area contributed by atoms with Crippen LogP contribution in [-0.2, 0) is 18.3 Å². The number of aromatic nitrogens is 1. The summed E-state index contributed by atoms with van der Waals surface area (Å²) in [6.45, 7) is 1.41. The molecule has 0 aliphatic carbocycles. The molecule has 8 heteroatoms. The van der Waals surface area contributed by atoms with Gasteiger partial charge in [0.25, 0.3) is 0 Å². The van der Waals surface area contributed by atoms with E-state index >= 15 is 0 Å². The van der Waals surface area contributed by atoms with Crippen molar-refractivity contribution < 1.29 is 9.63 Å². The van der Waals surface area contributed by atoms with Gasteiger partial charge in [-0.05, 0) is 36.4 Å². The first-order valence-electron chi connectivity index (χ1n) is 8.52. The molecule has 1 aromatic heterocycles. The molecular weight excluding hydrogens is 320 g/mol. The topological polar surface area (TPSA) is 95.3 Å². The van der Waals surface area contributed by atoms with Crippen LogP contribution in [0.4, 0.5) is 4.79 Å². The molecule has 1 aromatic carbocycles. The fourth-order valence-corrected chi connectivity index (χ4v) is 4.19. The van der Waals surface area contributed by atoms with Crippen LogP contribution in [0.5, 0.6) is 0 Å². The smallest absolute Gasteiger partial charge is 0.308 e. The lowest BCUT2D eigenvalue weighted by molar-refractivity contribution is -0.188. The lowest BCUT2D eigenvalue weighted by Gasteiger charge is -2.38. The van der Waals surface area contributed by atoms with Crippen molar-refractivity contribution >= 4 is 16.9 Å². The largest absolute Gasteiger partial charge is 0.346 e. The van der Waals surface area contributed by atoms with Crippen LogP contribution in [-0.4, -0.2) is 34.9 Å². The summed E-state index contributed by atoms with van der Waals surface area (Å²) in [5.41, 5.74) is 12.2. The van der Waals surface area contributed by atoms with Crippen LogP contribution in [0.2, 0.25) is 0 Å². The highest BCUT2D eigenvalue weighted by Crippen LogP contribution is 2.40. The summed E-state index contributed by atoms with van der Waals surface area (Å²) in [4.78, 5) is 20.4. The van der Waals surface area contributed by atoms with Crippen molar-refractivity contribution in [1.82, 2.24) is 14.9 Å². The Balaban J connectivity index is 1.82. The van der Waals surface area contributed by atoms with Gasteiger partial charge in [-0.15, -0.1) is 0 Å². The summed E-state index contributed by atoms with van der Waals surface area (Å²) < 4.78 is 2.20. The highest BCUT2D eigenvalue weighted by atomic mass is 16.7. The Morgan fingerprint density at radius 2 is 2.28 bits per heavy atom. The van der Waals surface area contributed by atoms with Gasteiger partial charge in [-0.3, -0.25) is 9.63 Å². The van der Waals surface area contributed by atoms with E-state index in [4.69, 9.17) is 10.4 Å². The van der Waals surface area contributed by atoms with E-state index in [2.05, 4.69) is 45.2 Å². The first-order chi connectivity index (χ1) is 12.2. The maximum absolute atomic E-state index is 11.9. The van der Waals surface area contributed by atoms with Crippen molar-refractivity contribution in [3.63, 3.8) is 0 Å². The fourth-order valence-electron chi connectivity index (χ4n) is 4.19. The van der Waals surface area contributed by atoms with Gasteiger partial charge in [0, 0.05) is 40.2 Å². The van der Waals surface area contributed by atoms with Gasteiger partial charge < -0.3 is 9.88 Å². The number of rotatable bonds is 1. The number of fused-ring (bicyclic) bond motifs is 5. The van der Waals surface area contributed by atoms with E-state index in [1.54, 1.807) is 0 Å². The SMILES string of the molecule is Cn1c2c(c3ccccc31)CCN1OCCC[C@H](NC(=O)N=[N+]=[N-])[C@@H]21. The molecule has 4 rings (SSSR count). The normalized spacial score (nSPS) is 23.2. The number of carbonyl (C=O) groups is 1. The first kappa shape index (κ1) is 16.0. The van der Waals surface area contributed by atoms with E-state index in [1.165, 1.54) is 22.2 Å². The second-order valence-electron chi connectivity index (χ2n) is 6.50. The molecule has 0 unspecified atom stereocenters. The molecule has 8 nitrogen and oxygen atoms in total. The molecule has 2 aliphatic heterocycles. The van der Waals surface area contributed by atoms with Crippen LogP contribution in [0, 0.1) is 0 Å². The van der Waals surface area contributed by atoms with Crippen molar-refractivity contribution in [2.24, 2.45) is 12.2 Å². The zero-order valence-electron chi connectivity index (χ0n) is 14.1. The maximum Gasteiger partial charge on any atom is 0.308 e.